The Balaban J connectivity index is 1.87. The van der Waals surface area contributed by atoms with Crippen molar-refractivity contribution < 1.29 is 9.59 Å². The Morgan fingerprint density at radius 3 is 2.71 bits per heavy atom. The van der Waals surface area contributed by atoms with Crippen LogP contribution in [-0.4, -0.2) is 54.5 Å². The Bertz CT molecular complexity index is 574. The Morgan fingerprint density at radius 1 is 1.38 bits per heavy atom. The molecule has 1 saturated heterocycles. The van der Waals surface area contributed by atoms with E-state index in [0.29, 0.717) is 31.7 Å². The molecule has 0 unspecified atom stereocenters. The van der Waals surface area contributed by atoms with Gasteiger partial charge in [0.05, 0.1) is 18.2 Å². The number of nitrogens with zero attached hydrogens (tertiary/aromatic N) is 4. The molecule has 2 heterocycles. The zero-order chi connectivity index (χ0) is 15.2. The van der Waals surface area contributed by atoms with E-state index in [0.717, 1.165) is 5.82 Å². The number of hydrogen-bond donors (Lipinski definition) is 2. The van der Waals surface area contributed by atoms with E-state index < -0.39 is 11.9 Å². The van der Waals surface area contributed by atoms with Crippen molar-refractivity contribution in [2.45, 2.75) is 0 Å². The van der Waals surface area contributed by atoms with Crippen LogP contribution in [0.1, 0.15) is 5.56 Å². The van der Waals surface area contributed by atoms with Crippen LogP contribution in [0.15, 0.2) is 18.3 Å². The largest absolute Gasteiger partial charge is 0.354 e. The van der Waals surface area contributed by atoms with Gasteiger partial charge in [-0.2, -0.15) is 5.26 Å². The Hall–Kier alpha value is -2.66. The first kappa shape index (κ1) is 14.7. The Labute approximate surface area is 122 Å². The van der Waals surface area contributed by atoms with Crippen molar-refractivity contribution in [1.82, 2.24) is 15.2 Å². The number of anilines is 1. The van der Waals surface area contributed by atoms with E-state index in [2.05, 4.69) is 16.0 Å². The fourth-order valence-electron chi connectivity index (χ4n) is 2.18. The van der Waals surface area contributed by atoms with Crippen LogP contribution >= 0.6 is 0 Å². The summed E-state index contributed by atoms with van der Waals surface area (Å²) >= 11 is 0. The van der Waals surface area contributed by atoms with Crippen LogP contribution in [0.4, 0.5) is 10.6 Å². The minimum Gasteiger partial charge on any atom is -0.354 e. The normalized spacial score (nSPS) is 15.3. The van der Waals surface area contributed by atoms with Gasteiger partial charge >= 0.3 is 6.03 Å². The zero-order valence-corrected chi connectivity index (χ0v) is 11.5. The summed E-state index contributed by atoms with van der Waals surface area (Å²) in [4.78, 5) is 30.3. The van der Waals surface area contributed by atoms with E-state index in [1.807, 2.05) is 10.2 Å². The van der Waals surface area contributed by atoms with Crippen molar-refractivity contribution in [3.05, 3.63) is 23.9 Å². The first-order valence-electron chi connectivity index (χ1n) is 6.51. The lowest BCUT2D eigenvalue weighted by Crippen LogP contribution is -2.50. The number of carbonyl (C=O) groups is 2. The molecule has 1 fully saturated rings. The van der Waals surface area contributed by atoms with Gasteiger partial charge in [-0.15, -0.1) is 0 Å². The third-order valence-electron chi connectivity index (χ3n) is 3.20. The molecule has 3 N–H and O–H groups in total. The van der Waals surface area contributed by atoms with E-state index in [1.54, 1.807) is 18.3 Å². The molecule has 2 rings (SSSR count). The number of carbonyl (C=O) groups excluding carboxylic acids is 2. The first-order valence-corrected chi connectivity index (χ1v) is 6.51. The third-order valence-corrected chi connectivity index (χ3v) is 3.20. The van der Waals surface area contributed by atoms with Crippen LogP contribution in [0.5, 0.6) is 0 Å². The predicted molar refractivity (Wildman–Crippen MR) is 75.3 cm³/mol. The van der Waals surface area contributed by atoms with E-state index in [-0.39, 0.29) is 6.54 Å². The van der Waals surface area contributed by atoms with Crippen LogP contribution in [0.3, 0.4) is 0 Å². The topological polar surface area (TPSA) is 115 Å². The molecule has 0 aliphatic carbocycles. The van der Waals surface area contributed by atoms with Gasteiger partial charge < -0.3 is 10.6 Å². The zero-order valence-electron chi connectivity index (χ0n) is 11.5. The average Bonchev–Trinajstić information content (AvgIpc) is 2.47. The van der Waals surface area contributed by atoms with Crippen LogP contribution in [0.2, 0.25) is 0 Å². The number of nitrogens with two attached hydrogens (primary N) is 1. The highest BCUT2D eigenvalue weighted by molar-refractivity contribution is 5.94. The van der Waals surface area contributed by atoms with Gasteiger partial charge in [0.1, 0.15) is 5.82 Å². The summed E-state index contributed by atoms with van der Waals surface area (Å²) in [6.07, 6.45) is 1.61. The van der Waals surface area contributed by atoms with Crippen LogP contribution in [0.25, 0.3) is 0 Å². The number of pyridine rings is 1. The second kappa shape index (κ2) is 6.67. The number of rotatable bonds is 3. The molecule has 110 valence electrons. The van der Waals surface area contributed by atoms with Crippen LogP contribution < -0.4 is 16.0 Å². The summed E-state index contributed by atoms with van der Waals surface area (Å²) in [5.74, 6) is 0.357. The van der Waals surface area contributed by atoms with Gasteiger partial charge in [0, 0.05) is 32.4 Å². The van der Waals surface area contributed by atoms with Gasteiger partial charge in [-0.25, -0.2) is 9.78 Å². The highest BCUT2D eigenvalue weighted by Crippen LogP contribution is 2.14. The van der Waals surface area contributed by atoms with Gasteiger partial charge in [-0.05, 0) is 12.1 Å². The molecule has 1 aliphatic heterocycles. The lowest BCUT2D eigenvalue weighted by molar-refractivity contribution is -0.121. The van der Waals surface area contributed by atoms with Crippen molar-refractivity contribution in [2.75, 3.05) is 37.6 Å². The molecule has 8 heteroatoms. The highest BCUT2D eigenvalue weighted by atomic mass is 16.2. The number of primary amides is 1. The maximum atomic E-state index is 11.4. The molecule has 0 aromatic carbocycles. The number of nitrogens with one attached hydrogen (secondary N) is 1. The molecule has 0 saturated carbocycles. The number of urea groups is 1. The van der Waals surface area contributed by atoms with Crippen molar-refractivity contribution >= 4 is 17.8 Å². The molecule has 21 heavy (non-hydrogen) atoms. The Kier molecular flexibility index (Phi) is 4.68. The van der Waals surface area contributed by atoms with Crippen LogP contribution in [-0.2, 0) is 4.79 Å². The standard InChI is InChI=1S/C13H16N6O2/c14-8-10-1-2-16-11(7-10)19-5-3-18(4-6-19)9-12(20)17-13(15)21/h1-2,7H,3-6,9H2,(H3,15,17,20,21). The molecular formula is C13H16N6O2. The first-order chi connectivity index (χ1) is 10.1. The van der Waals surface area contributed by atoms with Gasteiger partial charge in [0.2, 0.25) is 5.91 Å². The maximum Gasteiger partial charge on any atom is 0.318 e. The smallest absolute Gasteiger partial charge is 0.318 e. The third kappa shape index (κ3) is 4.15. The van der Waals surface area contributed by atoms with Crippen LogP contribution in [0, 0.1) is 11.3 Å². The summed E-state index contributed by atoms with van der Waals surface area (Å²) in [6, 6.07) is 4.65. The predicted octanol–water partition coefficient (Wildman–Crippen LogP) is -0.730. The molecular weight excluding hydrogens is 272 g/mol. The Morgan fingerprint density at radius 2 is 2.10 bits per heavy atom. The summed E-state index contributed by atoms with van der Waals surface area (Å²) in [5, 5.41) is 10.9. The van der Waals surface area contributed by atoms with Crippen molar-refractivity contribution in [1.29, 1.82) is 5.26 Å². The van der Waals surface area contributed by atoms with Crippen molar-refractivity contribution in [2.24, 2.45) is 5.73 Å². The summed E-state index contributed by atoms with van der Waals surface area (Å²) < 4.78 is 0. The number of piperazine rings is 1. The van der Waals surface area contributed by atoms with Gasteiger partial charge in [-0.3, -0.25) is 15.0 Å². The van der Waals surface area contributed by atoms with Gasteiger partial charge in [0.15, 0.2) is 0 Å². The average molecular weight is 288 g/mol. The molecule has 0 bridgehead atoms. The number of aromatic nitrogens is 1. The van der Waals surface area contributed by atoms with Crippen molar-refractivity contribution in [3.63, 3.8) is 0 Å². The molecule has 1 aromatic heterocycles. The van der Waals surface area contributed by atoms with Crippen molar-refractivity contribution in [3.8, 4) is 6.07 Å². The molecule has 1 aliphatic rings. The molecule has 8 nitrogen and oxygen atoms in total. The second-order valence-corrected chi connectivity index (χ2v) is 4.69. The summed E-state index contributed by atoms with van der Waals surface area (Å²) in [5.41, 5.74) is 5.46. The van der Waals surface area contributed by atoms with E-state index in [4.69, 9.17) is 11.0 Å². The second-order valence-electron chi connectivity index (χ2n) is 4.69. The number of amides is 3. The highest BCUT2D eigenvalue weighted by Gasteiger charge is 2.20. The molecule has 3 amide bonds. The SMILES string of the molecule is N#Cc1ccnc(N2CCN(CC(=O)NC(N)=O)CC2)c1. The summed E-state index contributed by atoms with van der Waals surface area (Å²) in [6.45, 7) is 2.88. The minimum absolute atomic E-state index is 0.141. The van der Waals surface area contributed by atoms with E-state index in [1.165, 1.54) is 0 Å². The van der Waals surface area contributed by atoms with Gasteiger partial charge in [-0.1, -0.05) is 0 Å². The molecule has 0 atom stereocenters. The molecule has 0 spiro atoms. The lowest BCUT2D eigenvalue weighted by atomic mass is 10.2. The summed E-state index contributed by atoms with van der Waals surface area (Å²) in [7, 11) is 0. The fraction of sp³-hybridized carbons (Fsp3) is 0.385. The van der Waals surface area contributed by atoms with E-state index >= 15 is 0 Å². The van der Waals surface area contributed by atoms with E-state index in [9.17, 15) is 9.59 Å². The molecule has 0 radical (unpaired) electrons. The number of nitriles is 1. The van der Waals surface area contributed by atoms with Gasteiger partial charge in [0.25, 0.3) is 0 Å². The quantitative estimate of drug-likeness (QED) is 0.757. The lowest BCUT2D eigenvalue weighted by Gasteiger charge is -2.34. The maximum absolute atomic E-state index is 11.4. The number of hydrogen-bond acceptors (Lipinski definition) is 6. The number of imide groups is 1. The molecule has 1 aromatic rings. The monoisotopic (exact) mass is 288 g/mol. The fourth-order valence-corrected chi connectivity index (χ4v) is 2.18. The minimum atomic E-state index is -0.837.